The normalized spacial score (nSPS) is 13.6. The lowest BCUT2D eigenvalue weighted by Crippen LogP contribution is -2.51. The lowest BCUT2D eigenvalue weighted by atomic mass is 9.89. The van der Waals surface area contributed by atoms with Crippen molar-refractivity contribution in [3.05, 3.63) is 76.2 Å². The van der Waals surface area contributed by atoms with Crippen molar-refractivity contribution in [2.24, 2.45) is 5.73 Å². The van der Waals surface area contributed by atoms with E-state index in [1.807, 2.05) is 0 Å². The number of hydrogen-bond donors (Lipinski definition) is 3. The van der Waals surface area contributed by atoms with Gasteiger partial charge >= 0.3 is 6.18 Å². The Morgan fingerprint density at radius 3 is 2.26 bits per heavy atom. The van der Waals surface area contributed by atoms with Crippen molar-refractivity contribution in [3.63, 3.8) is 0 Å². The maximum absolute atomic E-state index is 14.4. The highest BCUT2D eigenvalue weighted by Crippen LogP contribution is 2.40. The molecule has 7 nitrogen and oxygen atoms in total. The maximum atomic E-state index is 14.4. The molecule has 38 heavy (non-hydrogen) atoms. The fourth-order valence-corrected chi connectivity index (χ4v) is 3.72. The number of hydrogen-bond acceptors (Lipinski definition) is 6. The van der Waals surface area contributed by atoms with E-state index in [-0.39, 0.29) is 33.2 Å². The molecule has 3 aromatic rings. The second-order valence-corrected chi connectivity index (χ2v) is 9.49. The average molecular weight is 556 g/mol. The van der Waals surface area contributed by atoms with Crippen LogP contribution in [-0.4, -0.2) is 42.9 Å². The second kappa shape index (κ2) is 10.8. The summed E-state index contributed by atoms with van der Waals surface area (Å²) in [5.74, 6) is -1.13. The molecule has 0 radical (unpaired) electrons. The van der Waals surface area contributed by atoms with Crippen molar-refractivity contribution in [1.82, 2.24) is 10.3 Å². The topological polar surface area (TPSA) is 107 Å². The quantitative estimate of drug-likeness (QED) is 0.340. The minimum Gasteiger partial charge on any atom is -0.493 e. The van der Waals surface area contributed by atoms with Gasteiger partial charge in [0.05, 0.1) is 37.2 Å². The zero-order valence-corrected chi connectivity index (χ0v) is 21.7. The monoisotopic (exact) mass is 555 g/mol. The van der Waals surface area contributed by atoms with Crippen molar-refractivity contribution >= 4 is 17.5 Å². The van der Waals surface area contributed by atoms with Gasteiger partial charge in [-0.3, -0.25) is 4.79 Å². The van der Waals surface area contributed by atoms with E-state index in [4.69, 9.17) is 26.8 Å². The van der Waals surface area contributed by atoms with Gasteiger partial charge in [-0.25, -0.2) is 9.37 Å². The summed E-state index contributed by atoms with van der Waals surface area (Å²) < 4.78 is 67.0. The number of pyridine rings is 1. The minimum absolute atomic E-state index is 0.0291. The smallest absolute Gasteiger partial charge is 0.424 e. The van der Waals surface area contributed by atoms with E-state index >= 15 is 0 Å². The van der Waals surface area contributed by atoms with Gasteiger partial charge in [0.15, 0.2) is 11.5 Å². The third-order valence-corrected chi connectivity index (χ3v) is 6.12. The molecule has 0 fully saturated rings. The molecule has 0 saturated carbocycles. The van der Waals surface area contributed by atoms with Crippen molar-refractivity contribution in [1.29, 1.82) is 0 Å². The second-order valence-electron chi connectivity index (χ2n) is 9.09. The van der Waals surface area contributed by atoms with Crippen LogP contribution in [0, 0.1) is 5.82 Å². The summed E-state index contributed by atoms with van der Waals surface area (Å²) in [5.41, 5.74) is 0.918. The predicted molar refractivity (Wildman–Crippen MR) is 134 cm³/mol. The van der Waals surface area contributed by atoms with Crippen LogP contribution in [0.2, 0.25) is 5.02 Å². The number of nitrogens with one attached hydrogen (secondary N) is 1. The fourth-order valence-electron chi connectivity index (χ4n) is 3.54. The van der Waals surface area contributed by atoms with Crippen LogP contribution in [0.15, 0.2) is 48.5 Å². The van der Waals surface area contributed by atoms with Gasteiger partial charge in [0.25, 0.3) is 5.91 Å². The molecular formula is C26H26ClF4N3O4. The van der Waals surface area contributed by atoms with Crippen LogP contribution in [-0.2, 0) is 11.1 Å². The number of benzene rings is 2. The van der Waals surface area contributed by atoms with Gasteiger partial charge in [0.2, 0.25) is 5.60 Å². The number of aromatic nitrogens is 1. The Bertz CT molecular complexity index is 1350. The third-order valence-electron chi connectivity index (χ3n) is 5.83. The Kier molecular flexibility index (Phi) is 8.25. The molecule has 1 aromatic heterocycles. The molecule has 1 unspecified atom stereocenters. The molecular weight excluding hydrogens is 530 g/mol. The molecule has 0 aliphatic carbocycles. The molecule has 1 amide bonds. The molecule has 1 atom stereocenters. The lowest BCUT2D eigenvalue weighted by molar-refractivity contribution is -0.265. The Balaban J connectivity index is 2.07. The van der Waals surface area contributed by atoms with Crippen molar-refractivity contribution < 1.29 is 36.9 Å². The number of nitrogens with two attached hydrogens (primary N) is 1. The first-order valence-electron chi connectivity index (χ1n) is 11.2. The number of ether oxygens (including phenoxy) is 2. The first-order valence-corrected chi connectivity index (χ1v) is 11.5. The molecule has 4 N–H and O–H groups in total. The Hall–Kier alpha value is -3.41. The summed E-state index contributed by atoms with van der Waals surface area (Å²) in [6.45, 7) is 1.84. The molecule has 204 valence electrons. The van der Waals surface area contributed by atoms with Gasteiger partial charge in [-0.15, -0.1) is 0 Å². The minimum atomic E-state index is -5.26. The van der Waals surface area contributed by atoms with E-state index in [0.717, 1.165) is 12.1 Å². The van der Waals surface area contributed by atoms with Crippen LogP contribution < -0.4 is 20.5 Å². The summed E-state index contributed by atoms with van der Waals surface area (Å²) in [6.07, 6.45) is -5.26. The highest BCUT2D eigenvalue weighted by molar-refractivity contribution is 6.31. The predicted octanol–water partition coefficient (Wildman–Crippen LogP) is 4.93. The number of methoxy groups -OCH3 is 2. The van der Waals surface area contributed by atoms with Gasteiger partial charge in [-0.05, 0) is 67.9 Å². The first-order chi connectivity index (χ1) is 17.6. The molecule has 2 aromatic carbocycles. The van der Waals surface area contributed by atoms with Gasteiger partial charge in [-0.2, -0.15) is 13.2 Å². The average Bonchev–Trinajstić information content (AvgIpc) is 2.86. The van der Waals surface area contributed by atoms with Gasteiger partial charge < -0.3 is 25.6 Å². The van der Waals surface area contributed by atoms with Crippen LogP contribution in [0.5, 0.6) is 11.5 Å². The van der Waals surface area contributed by atoms with E-state index in [9.17, 15) is 27.5 Å². The number of carbonyl (C=O) groups excluding carboxylic acids is 1. The van der Waals surface area contributed by atoms with E-state index in [0.29, 0.717) is 5.75 Å². The lowest BCUT2D eigenvalue weighted by Gasteiger charge is -2.32. The van der Waals surface area contributed by atoms with Crippen LogP contribution in [0.4, 0.5) is 17.6 Å². The van der Waals surface area contributed by atoms with E-state index in [2.05, 4.69) is 10.3 Å². The molecule has 0 spiro atoms. The molecule has 0 aliphatic rings. The van der Waals surface area contributed by atoms with E-state index in [1.54, 1.807) is 13.8 Å². The van der Waals surface area contributed by atoms with Crippen LogP contribution in [0.3, 0.4) is 0 Å². The summed E-state index contributed by atoms with van der Waals surface area (Å²) in [5, 5.41) is 12.8. The highest BCUT2D eigenvalue weighted by Gasteiger charge is 2.56. The molecule has 0 saturated heterocycles. The summed E-state index contributed by atoms with van der Waals surface area (Å²) in [4.78, 5) is 16.8. The van der Waals surface area contributed by atoms with E-state index < -0.39 is 41.3 Å². The van der Waals surface area contributed by atoms with Gasteiger partial charge in [-0.1, -0.05) is 11.6 Å². The van der Waals surface area contributed by atoms with Crippen LogP contribution >= 0.6 is 11.6 Å². The standard InChI is InChI=1S/C26H26ClF4N3O4/c1-24(2,32)16-11-19(14-5-7-18(28)17(27)9-14)34-22(12-16)25(36,26(29,30)31)13-33-23(35)15-6-8-20(37-3)21(10-15)38-4/h5-12,36H,13,32H2,1-4H3,(H,33,35). The number of alkyl halides is 3. The first kappa shape index (κ1) is 29.2. The van der Waals surface area contributed by atoms with Gasteiger partial charge in [0.1, 0.15) is 5.82 Å². The third kappa shape index (κ3) is 6.01. The van der Waals surface area contributed by atoms with Gasteiger partial charge in [0, 0.05) is 16.7 Å². The number of aliphatic hydroxyl groups is 1. The summed E-state index contributed by atoms with van der Waals surface area (Å²) in [7, 11) is 2.73. The van der Waals surface area contributed by atoms with Crippen LogP contribution in [0.1, 0.15) is 35.5 Å². The van der Waals surface area contributed by atoms with E-state index in [1.165, 1.54) is 50.6 Å². The zero-order chi connectivity index (χ0) is 28.5. The highest BCUT2D eigenvalue weighted by atomic mass is 35.5. The summed E-state index contributed by atoms with van der Waals surface area (Å²) >= 11 is 5.86. The molecule has 0 bridgehead atoms. The number of carbonyl (C=O) groups is 1. The number of halogens is 5. The van der Waals surface area contributed by atoms with Crippen molar-refractivity contribution in [2.75, 3.05) is 20.8 Å². The number of nitrogens with zero attached hydrogens (tertiary/aromatic N) is 1. The fraction of sp³-hybridized carbons (Fsp3) is 0.308. The molecule has 1 heterocycles. The Morgan fingerprint density at radius 2 is 1.71 bits per heavy atom. The number of rotatable bonds is 8. The molecule has 3 rings (SSSR count). The van der Waals surface area contributed by atoms with Crippen molar-refractivity contribution in [3.8, 4) is 22.8 Å². The zero-order valence-electron chi connectivity index (χ0n) is 20.9. The largest absolute Gasteiger partial charge is 0.493 e. The number of amides is 1. The Morgan fingerprint density at radius 1 is 1.05 bits per heavy atom. The summed E-state index contributed by atoms with van der Waals surface area (Å²) in [6, 6.07) is 9.99. The SMILES string of the molecule is COc1ccc(C(=O)NCC(O)(c2cc(C(C)(C)N)cc(-c3ccc(F)c(Cl)c3)n2)C(F)(F)F)cc1OC. The molecule has 12 heteroatoms. The van der Waals surface area contributed by atoms with Crippen LogP contribution in [0.25, 0.3) is 11.3 Å². The maximum Gasteiger partial charge on any atom is 0.424 e. The molecule has 0 aliphatic heterocycles. The Labute approximate surface area is 221 Å². The van der Waals surface area contributed by atoms with Crippen molar-refractivity contribution in [2.45, 2.75) is 31.2 Å².